The van der Waals surface area contributed by atoms with Crippen molar-refractivity contribution in [3.8, 4) is 22.8 Å². The van der Waals surface area contributed by atoms with E-state index in [-0.39, 0.29) is 11.5 Å². The van der Waals surface area contributed by atoms with Crippen molar-refractivity contribution in [3.63, 3.8) is 0 Å². The molecule has 1 heterocycles. The third-order valence-electron chi connectivity index (χ3n) is 4.79. The Balaban J connectivity index is 2.03. The fourth-order valence-corrected chi connectivity index (χ4v) is 3.63. The first-order valence-electron chi connectivity index (χ1n) is 8.12. The van der Waals surface area contributed by atoms with E-state index in [4.69, 9.17) is 9.47 Å². The summed E-state index contributed by atoms with van der Waals surface area (Å²) in [5, 5.41) is 11.7. The highest BCUT2D eigenvalue weighted by atomic mass is 16.6. The molecule has 0 atom stereocenters. The number of carbonyl (C=O) groups excluding carboxylic acids is 1. The Bertz CT molecular complexity index is 1070. The first-order valence-corrected chi connectivity index (χ1v) is 8.12. The van der Waals surface area contributed by atoms with E-state index < -0.39 is 4.92 Å². The fourth-order valence-electron chi connectivity index (χ4n) is 3.63. The molecule has 3 aromatic rings. The molecule has 1 aliphatic rings. The Morgan fingerprint density at radius 2 is 1.92 bits per heavy atom. The maximum Gasteiger partial charge on any atom is 0.271 e. The highest BCUT2D eigenvalue weighted by Gasteiger charge is 2.28. The predicted octanol–water partition coefficient (Wildman–Crippen LogP) is 3.89. The number of aromatic nitrogens is 1. The Kier molecular flexibility index (Phi) is 3.64. The number of hydrogen-bond acceptors (Lipinski definition) is 5. The lowest BCUT2D eigenvalue weighted by Crippen LogP contribution is -2.00. The number of nitro benzene ring substituents is 1. The van der Waals surface area contributed by atoms with Crippen LogP contribution in [0.25, 0.3) is 22.2 Å². The van der Waals surface area contributed by atoms with Crippen LogP contribution in [0.4, 0.5) is 5.69 Å². The molecule has 1 aliphatic carbocycles. The van der Waals surface area contributed by atoms with Crippen LogP contribution in [-0.2, 0) is 6.42 Å². The molecule has 0 saturated carbocycles. The normalized spacial score (nSPS) is 13.1. The van der Waals surface area contributed by atoms with Crippen molar-refractivity contribution in [2.75, 3.05) is 14.2 Å². The molecule has 0 spiro atoms. The molecule has 132 valence electrons. The van der Waals surface area contributed by atoms with Crippen LogP contribution in [0.1, 0.15) is 22.3 Å². The summed E-state index contributed by atoms with van der Waals surface area (Å²) in [5.74, 6) is 1.21. The number of H-pyrrole nitrogens is 1. The third kappa shape index (κ3) is 2.24. The Labute approximate surface area is 148 Å². The lowest BCUT2D eigenvalue weighted by atomic mass is 10.0. The molecule has 2 aromatic carbocycles. The number of carbonyl (C=O) groups is 1. The van der Waals surface area contributed by atoms with Crippen molar-refractivity contribution in [1.29, 1.82) is 0 Å². The lowest BCUT2D eigenvalue weighted by molar-refractivity contribution is -0.384. The second-order valence-corrected chi connectivity index (χ2v) is 6.11. The first kappa shape index (κ1) is 16.1. The Morgan fingerprint density at radius 1 is 1.12 bits per heavy atom. The summed E-state index contributed by atoms with van der Waals surface area (Å²) in [4.78, 5) is 26.6. The zero-order valence-corrected chi connectivity index (χ0v) is 14.3. The molecule has 1 N–H and O–H groups in total. The van der Waals surface area contributed by atoms with Gasteiger partial charge in [0.05, 0.1) is 35.9 Å². The quantitative estimate of drug-likeness (QED) is 0.570. The summed E-state index contributed by atoms with van der Waals surface area (Å²) in [7, 11) is 3.14. The Morgan fingerprint density at radius 3 is 2.62 bits per heavy atom. The first-order chi connectivity index (χ1) is 12.5. The topological polar surface area (TPSA) is 94.5 Å². The van der Waals surface area contributed by atoms with Gasteiger partial charge in [-0.1, -0.05) is 0 Å². The number of hydrogen-bond donors (Lipinski definition) is 1. The average molecular weight is 352 g/mol. The number of methoxy groups -OCH3 is 2. The zero-order chi connectivity index (χ0) is 18.4. The van der Waals surface area contributed by atoms with Crippen molar-refractivity contribution < 1.29 is 19.2 Å². The van der Waals surface area contributed by atoms with E-state index in [1.54, 1.807) is 26.4 Å². The van der Waals surface area contributed by atoms with Crippen LogP contribution in [0, 0.1) is 10.1 Å². The van der Waals surface area contributed by atoms with Gasteiger partial charge in [-0.15, -0.1) is 0 Å². The lowest BCUT2D eigenvalue weighted by Gasteiger charge is -2.15. The molecular weight excluding hydrogens is 336 g/mol. The number of ketones is 1. The van der Waals surface area contributed by atoms with Gasteiger partial charge >= 0.3 is 0 Å². The van der Waals surface area contributed by atoms with Crippen LogP contribution in [0.15, 0.2) is 30.3 Å². The molecule has 26 heavy (non-hydrogen) atoms. The summed E-state index contributed by atoms with van der Waals surface area (Å²) in [6.07, 6.45) is 0.860. The zero-order valence-electron chi connectivity index (χ0n) is 14.3. The molecule has 0 saturated heterocycles. The minimum Gasteiger partial charge on any atom is -0.493 e. The number of nitro groups is 1. The largest absolute Gasteiger partial charge is 0.493 e. The van der Waals surface area contributed by atoms with Crippen molar-refractivity contribution in [1.82, 2.24) is 4.98 Å². The number of fused-ring (bicyclic) bond motifs is 5. The molecule has 0 bridgehead atoms. The van der Waals surface area contributed by atoms with Crippen LogP contribution in [0.3, 0.4) is 0 Å². The van der Waals surface area contributed by atoms with Gasteiger partial charge in [-0.2, -0.15) is 0 Å². The van der Waals surface area contributed by atoms with Gasteiger partial charge in [0.15, 0.2) is 17.3 Å². The van der Waals surface area contributed by atoms with Gasteiger partial charge in [0.25, 0.3) is 5.69 Å². The number of nitrogens with one attached hydrogen (secondary N) is 1. The van der Waals surface area contributed by atoms with E-state index in [1.165, 1.54) is 12.1 Å². The summed E-state index contributed by atoms with van der Waals surface area (Å²) >= 11 is 0. The maximum atomic E-state index is 12.8. The van der Waals surface area contributed by atoms with E-state index in [9.17, 15) is 14.9 Å². The van der Waals surface area contributed by atoms with Crippen molar-refractivity contribution >= 4 is 22.4 Å². The standard InChI is InChI=1S/C19H16N2O5/c1-25-16-8-6-11-12(19(16)26-2)5-7-15(22)17-13-4-3-10(21(23)24)9-14(13)20-18(11)17/h3-4,6,8-9,20H,5,7H2,1-2H3. The van der Waals surface area contributed by atoms with E-state index in [1.807, 2.05) is 6.07 Å². The van der Waals surface area contributed by atoms with Crippen molar-refractivity contribution in [2.24, 2.45) is 0 Å². The third-order valence-corrected chi connectivity index (χ3v) is 4.79. The van der Waals surface area contributed by atoms with Gasteiger partial charge in [0.2, 0.25) is 0 Å². The van der Waals surface area contributed by atoms with Gasteiger partial charge in [-0.3, -0.25) is 14.9 Å². The molecule has 0 amide bonds. The summed E-state index contributed by atoms with van der Waals surface area (Å²) in [5.41, 5.74) is 3.52. The number of benzene rings is 2. The van der Waals surface area contributed by atoms with E-state index in [2.05, 4.69) is 4.98 Å². The van der Waals surface area contributed by atoms with Crippen LogP contribution in [0.2, 0.25) is 0 Å². The number of Topliss-reactive ketones (excluding diaryl/α,β-unsaturated/α-hetero) is 1. The summed E-state index contributed by atoms with van der Waals surface area (Å²) in [6.45, 7) is 0. The molecule has 7 heteroatoms. The summed E-state index contributed by atoms with van der Waals surface area (Å²) in [6, 6.07) is 8.19. The second kappa shape index (κ2) is 5.87. The van der Waals surface area contributed by atoms with Crippen molar-refractivity contribution in [3.05, 3.63) is 51.6 Å². The van der Waals surface area contributed by atoms with E-state index in [0.29, 0.717) is 46.5 Å². The number of rotatable bonds is 3. The highest BCUT2D eigenvalue weighted by Crippen LogP contribution is 2.43. The predicted molar refractivity (Wildman–Crippen MR) is 96.1 cm³/mol. The van der Waals surface area contributed by atoms with Gasteiger partial charge in [0, 0.05) is 35.1 Å². The number of non-ortho nitro benzene ring substituents is 1. The number of ether oxygens (including phenoxy) is 2. The molecule has 1 aromatic heterocycles. The minimum absolute atomic E-state index is 0.00248. The van der Waals surface area contributed by atoms with Crippen LogP contribution in [0.5, 0.6) is 11.5 Å². The van der Waals surface area contributed by atoms with Crippen LogP contribution < -0.4 is 9.47 Å². The Hall–Kier alpha value is -3.35. The van der Waals surface area contributed by atoms with E-state index in [0.717, 1.165) is 11.1 Å². The molecule has 0 fully saturated rings. The maximum absolute atomic E-state index is 12.8. The SMILES string of the molecule is COc1ccc2c(c1OC)CCC(=O)c1c-2[nH]c2cc([N+](=O)[O-])ccc12. The summed E-state index contributed by atoms with van der Waals surface area (Å²) < 4.78 is 10.9. The minimum atomic E-state index is -0.449. The molecule has 0 aliphatic heterocycles. The van der Waals surface area contributed by atoms with E-state index >= 15 is 0 Å². The molecule has 4 rings (SSSR count). The molecular formula is C19H16N2O5. The number of aromatic amines is 1. The van der Waals surface area contributed by atoms with Gasteiger partial charge in [-0.25, -0.2) is 0 Å². The molecule has 0 radical (unpaired) electrons. The average Bonchev–Trinajstić information content (AvgIpc) is 2.96. The van der Waals surface area contributed by atoms with Gasteiger partial charge in [-0.05, 0) is 24.6 Å². The fraction of sp³-hybridized carbons (Fsp3) is 0.211. The van der Waals surface area contributed by atoms with Crippen molar-refractivity contribution in [2.45, 2.75) is 12.8 Å². The van der Waals surface area contributed by atoms with Gasteiger partial charge in [0.1, 0.15) is 0 Å². The number of nitrogens with zero attached hydrogens (tertiary/aromatic N) is 1. The van der Waals surface area contributed by atoms with Crippen LogP contribution >= 0.6 is 0 Å². The molecule has 7 nitrogen and oxygen atoms in total. The monoisotopic (exact) mass is 352 g/mol. The van der Waals surface area contributed by atoms with Crippen LogP contribution in [-0.4, -0.2) is 29.9 Å². The highest BCUT2D eigenvalue weighted by molar-refractivity contribution is 6.14. The smallest absolute Gasteiger partial charge is 0.271 e. The van der Waals surface area contributed by atoms with Gasteiger partial charge < -0.3 is 14.5 Å². The second-order valence-electron chi connectivity index (χ2n) is 6.11. The molecule has 0 unspecified atom stereocenters.